The number of nitrogens with zero attached hydrogens (tertiary/aromatic N) is 1. The number of imide groups is 1. The molecule has 1 aliphatic rings. The molecule has 2 aromatic carbocycles. The summed E-state index contributed by atoms with van der Waals surface area (Å²) in [5.74, 6) is -1.45. The molecule has 2 aromatic rings. The number of carbonyl (C=O) groups is 4. The number of carboxylic acid groups (broad SMARTS) is 1. The lowest BCUT2D eigenvalue weighted by atomic mass is 10.1. The maximum atomic E-state index is 12.8. The van der Waals surface area contributed by atoms with E-state index in [1.165, 1.54) is 13.2 Å². The third-order valence-electron chi connectivity index (χ3n) is 4.52. The summed E-state index contributed by atoms with van der Waals surface area (Å²) < 4.78 is 15.3. The number of carbonyl (C=O) groups excluding carboxylic acids is 3. The fourth-order valence-electron chi connectivity index (χ4n) is 2.96. The van der Waals surface area contributed by atoms with Crippen LogP contribution in [0.15, 0.2) is 47.4 Å². The first kappa shape index (κ1) is 23.9. The van der Waals surface area contributed by atoms with Gasteiger partial charge in [-0.2, -0.15) is 0 Å². The Morgan fingerprint density at radius 3 is 2.45 bits per heavy atom. The number of rotatable bonds is 9. The first-order valence-corrected chi connectivity index (χ1v) is 10.7. The monoisotopic (exact) mass is 471 g/mol. The van der Waals surface area contributed by atoms with E-state index in [-0.39, 0.29) is 23.8 Å². The van der Waals surface area contributed by atoms with Crippen molar-refractivity contribution in [3.63, 3.8) is 0 Å². The summed E-state index contributed by atoms with van der Waals surface area (Å²) in [5, 5.41) is 8.35. The zero-order chi connectivity index (χ0) is 24.0. The van der Waals surface area contributed by atoms with Gasteiger partial charge in [0.05, 0.1) is 30.7 Å². The topological polar surface area (TPSA) is 119 Å². The van der Waals surface area contributed by atoms with E-state index in [1.54, 1.807) is 49.4 Å². The highest BCUT2D eigenvalue weighted by Crippen LogP contribution is 2.35. The number of aliphatic carboxylic acids is 1. The zero-order valence-corrected chi connectivity index (χ0v) is 18.7. The highest BCUT2D eigenvalue weighted by atomic mass is 32.2. The van der Waals surface area contributed by atoms with E-state index in [1.807, 2.05) is 0 Å². The minimum atomic E-state index is -1.12. The average Bonchev–Trinajstić information content (AvgIpc) is 3.05. The van der Waals surface area contributed by atoms with Crippen molar-refractivity contribution in [1.29, 1.82) is 0 Å². The van der Waals surface area contributed by atoms with Crippen molar-refractivity contribution >= 4 is 40.9 Å². The molecular weight excluding hydrogens is 450 g/mol. The molecule has 1 N–H and O–H groups in total. The fourth-order valence-corrected chi connectivity index (χ4v) is 3.80. The van der Waals surface area contributed by atoms with Gasteiger partial charge in [0.25, 0.3) is 11.1 Å². The third kappa shape index (κ3) is 5.92. The van der Waals surface area contributed by atoms with Crippen molar-refractivity contribution in [1.82, 2.24) is 4.90 Å². The lowest BCUT2D eigenvalue weighted by Crippen LogP contribution is -2.27. The summed E-state index contributed by atoms with van der Waals surface area (Å²) in [6, 6.07) is 11.2. The van der Waals surface area contributed by atoms with Gasteiger partial charge in [0, 0.05) is 0 Å². The second-order valence-corrected chi connectivity index (χ2v) is 7.77. The predicted molar refractivity (Wildman–Crippen MR) is 120 cm³/mol. The molecule has 0 bridgehead atoms. The molecule has 1 saturated heterocycles. The predicted octanol–water partition coefficient (Wildman–Crippen LogP) is 3.57. The lowest BCUT2D eigenvalue weighted by Gasteiger charge is -2.13. The number of hydrogen-bond donors (Lipinski definition) is 1. The van der Waals surface area contributed by atoms with Gasteiger partial charge in [-0.3, -0.25) is 14.5 Å². The largest absolute Gasteiger partial charge is 0.493 e. The molecule has 0 aromatic heterocycles. The highest BCUT2D eigenvalue weighted by Gasteiger charge is 2.35. The molecule has 9 nitrogen and oxygen atoms in total. The summed E-state index contributed by atoms with van der Waals surface area (Å²) in [5.41, 5.74) is 1.66. The maximum Gasteiger partial charge on any atom is 0.341 e. The standard InChI is InChI=1S/C23H21NO8S/c1-3-31-22(28)16-7-4-14(5-8-16)12-24-21(27)19(33-23(24)29)11-15-6-9-17(18(10-15)30-2)32-13-20(25)26/h4-11H,3,12-13H2,1-2H3,(H,25,26)/b19-11-. The van der Waals surface area contributed by atoms with Gasteiger partial charge in [-0.05, 0) is 60.2 Å². The summed E-state index contributed by atoms with van der Waals surface area (Å²) >= 11 is 0.817. The second kappa shape index (κ2) is 10.7. The minimum absolute atomic E-state index is 0.0659. The van der Waals surface area contributed by atoms with Gasteiger partial charge in [0.2, 0.25) is 0 Å². The highest BCUT2D eigenvalue weighted by molar-refractivity contribution is 8.18. The van der Waals surface area contributed by atoms with Crippen molar-refractivity contribution < 1.29 is 38.5 Å². The first-order chi connectivity index (χ1) is 15.8. The molecule has 0 saturated carbocycles. The number of amides is 2. The third-order valence-corrected chi connectivity index (χ3v) is 5.42. The number of carboxylic acids is 1. The Bertz CT molecular complexity index is 1110. The minimum Gasteiger partial charge on any atom is -0.493 e. The SMILES string of the molecule is CCOC(=O)c1ccc(CN2C(=O)S/C(=C\c3ccc(OCC(=O)O)c(OC)c3)C2=O)cc1. The van der Waals surface area contributed by atoms with Crippen molar-refractivity contribution in [3.8, 4) is 11.5 Å². The average molecular weight is 471 g/mol. The number of methoxy groups -OCH3 is 1. The normalized spacial score (nSPS) is 14.5. The van der Waals surface area contributed by atoms with Gasteiger partial charge >= 0.3 is 11.9 Å². The molecule has 3 rings (SSSR count). The fraction of sp³-hybridized carbons (Fsp3) is 0.217. The van der Waals surface area contributed by atoms with Crippen molar-refractivity contribution in [2.45, 2.75) is 13.5 Å². The van der Waals surface area contributed by atoms with Crippen LogP contribution < -0.4 is 9.47 Å². The van der Waals surface area contributed by atoms with E-state index in [2.05, 4.69) is 0 Å². The molecule has 10 heteroatoms. The van der Waals surface area contributed by atoms with Crippen molar-refractivity contribution in [2.75, 3.05) is 20.3 Å². The molecule has 0 unspecified atom stereocenters. The second-order valence-electron chi connectivity index (χ2n) is 6.78. The molecule has 2 amide bonds. The number of hydrogen-bond acceptors (Lipinski definition) is 8. The van der Waals surface area contributed by atoms with Crippen molar-refractivity contribution in [3.05, 3.63) is 64.1 Å². The van der Waals surface area contributed by atoms with Crippen LogP contribution in [-0.4, -0.2) is 53.4 Å². The van der Waals surface area contributed by atoms with Crippen LogP contribution in [0.4, 0.5) is 4.79 Å². The Morgan fingerprint density at radius 1 is 1.09 bits per heavy atom. The Morgan fingerprint density at radius 2 is 1.82 bits per heavy atom. The molecular formula is C23H21NO8S. The summed E-state index contributed by atoms with van der Waals surface area (Å²) in [6.07, 6.45) is 1.55. The summed E-state index contributed by atoms with van der Waals surface area (Å²) in [6.45, 7) is 1.54. The molecule has 33 heavy (non-hydrogen) atoms. The summed E-state index contributed by atoms with van der Waals surface area (Å²) in [4.78, 5) is 49.1. The van der Waals surface area contributed by atoms with E-state index in [9.17, 15) is 19.2 Å². The van der Waals surface area contributed by atoms with Crippen LogP contribution in [-0.2, 0) is 20.9 Å². The Labute approximate surface area is 193 Å². The maximum absolute atomic E-state index is 12.8. The number of ether oxygens (including phenoxy) is 3. The number of esters is 1. The number of benzene rings is 2. The van der Waals surface area contributed by atoms with E-state index in [0.717, 1.165) is 16.7 Å². The van der Waals surface area contributed by atoms with E-state index in [4.69, 9.17) is 19.3 Å². The Balaban J connectivity index is 1.73. The molecule has 0 spiro atoms. The van der Waals surface area contributed by atoms with Crippen LogP contribution in [0.25, 0.3) is 6.08 Å². The molecule has 1 aliphatic heterocycles. The van der Waals surface area contributed by atoms with Crippen molar-refractivity contribution in [2.24, 2.45) is 0 Å². The molecule has 172 valence electrons. The molecule has 1 heterocycles. The molecule has 0 atom stereocenters. The quantitative estimate of drug-likeness (QED) is 0.432. The Hall–Kier alpha value is -3.79. The van der Waals surface area contributed by atoms with Gasteiger partial charge in [0.15, 0.2) is 18.1 Å². The van der Waals surface area contributed by atoms with Crippen LogP contribution in [0.5, 0.6) is 11.5 Å². The first-order valence-electron chi connectivity index (χ1n) is 9.86. The van der Waals surface area contributed by atoms with Gasteiger partial charge in [-0.25, -0.2) is 9.59 Å². The van der Waals surface area contributed by atoms with Gasteiger partial charge < -0.3 is 19.3 Å². The molecule has 0 radical (unpaired) electrons. The molecule has 0 aliphatic carbocycles. The van der Waals surface area contributed by atoms with Gasteiger partial charge in [-0.1, -0.05) is 18.2 Å². The van der Waals surface area contributed by atoms with E-state index < -0.39 is 29.7 Å². The van der Waals surface area contributed by atoms with Gasteiger partial charge in [0.1, 0.15) is 0 Å². The lowest BCUT2D eigenvalue weighted by molar-refractivity contribution is -0.139. The summed E-state index contributed by atoms with van der Waals surface area (Å²) in [7, 11) is 1.41. The molecule has 1 fully saturated rings. The van der Waals surface area contributed by atoms with Gasteiger partial charge in [-0.15, -0.1) is 0 Å². The smallest absolute Gasteiger partial charge is 0.341 e. The van der Waals surface area contributed by atoms with Crippen LogP contribution in [0.2, 0.25) is 0 Å². The van der Waals surface area contributed by atoms with Crippen LogP contribution in [0, 0.1) is 0 Å². The van der Waals surface area contributed by atoms with E-state index >= 15 is 0 Å². The van der Waals surface area contributed by atoms with E-state index in [0.29, 0.717) is 22.4 Å². The Kier molecular flexibility index (Phi) is 7.73. The number of thioether (sulfide) groups is 1. The zero-order valence-electron chi connectivity index (χ0n) is 17.9. The van der Waals surface area contributed by atoms with Crippen LogP contribution in [0.1, 0.15) is 28.4 Å². The van der Waals surface area contributed by atoms with Crippen LogP contribution >= 0.6 is 11.8 Å². The van der Waals surface area contributed by atoms with Crippen LogP contribution in [0.3, 0.4) is 0 Å².